The van der Waals surface area contributed by atoms with Gasteiger partial charge in [0.25, 0.3) is 0 Å². The van der Waals surface area contributed by atoms with Crippen molar-refractivity contribution in [3.05, 3.63) is 23.8 Å². The Labute approximate surface area is 74.8 Å². The normalized spacial score (nSPS) is 34.2. The first kappa shape index (κ1) is 9.53. The third-order valence-electron chi connectivity index (χ3n) is 2.67. The van der Waals surface area contributed by atoms with Crippen LogP contribution in [0.3, 0.4) is 0 Å². The summed E-state index contributed by atoms with van der Waals surface area (Å²) in [7, 11) is 0. The van der Waals surface area contributed by atoms with E-state index in [1.165, 1.54) is 17.6 Å². The molecule has 0 aromatic heterocycles. The van der Waals surface area contributed by atoms with Crippen molar-refractivity contribution in [1.29, 1.82) is 0 Å². The quantitative estimate of drug-likeness (QED) is 0.634. The van der Waals surface area contributed by atoms with Gasteiger partial charge in [-0.25, -0.2) is 0 Å². The molecule has 1 rings (SSSR count). The summed E-state index contributed by atoms with van der Waals surface area (Å²) in [5, 5.41) is 8.79. The Morgan fingerprint density at radius 2 is 2.25 bits per heavy atom. The first-order valence-electron chi connectivity index (χ1n) is 4.64. The van der Waals surface area contributed by atoms with E-state index in [4.69, 9.17) is 5.11 Å². The second-order valence-corrected chi connectivity index (χ2v) is 3.88. The fourth-order valence-electron chi connectivity index (χ4n) is 1.98. The molecule has 0 aliphatic heterocycles. The zero-order valence-corrected chi connectivity index (χ0v) is 8.01. The molecule has 0 heterocycles. The van der Waals surface area contributed by atoms with Crippen molar-refractivity contribution in [3.8, 4) is 0 Å². The van der Waals surface area contributed by atoms with E-state index in [1.807, 2.05) is 6.08 Å². The predicted octanol–water partition coefficient (Wildman–Crippen LogP) is 2.53. The third-order valence-corrected chi connectivity index (χ3v) is 2.67. The third kappa shape index (κ3) is 1.98. The van der Waals surface area contributed by atoms with Crippen molar-refractivity contribution < 1.29 is 5.11 Å². The zero-order valence-electron chi connectivity index (χ0n) is 8.01. The molecular formula is C11H18O. The van der Waals surface area contributed by atoms with Gasteiger partial charge < -0.3 is 5.11 Å². The van der Waals surface area contributed by atoms with Crippen molar-refractivity contribution in [3.63, 3.8) is 0 Å². The molecule has 0 radical (unpaired) electrons. The second kappa shape index (κ2) is 3.90. The maximum absolute atomic E-state index is 8.79. The second-order valence-electron chi connectivity index (χ2n) is 3.88. The minimum Gasteiger partial charge on any atom is -0.392 e. The van der Waals surface area contributed by atoms with Gasteiger partial charge in [-0.3, -0.25) is 0 Å². The number of aliphatic hydroxyl groups is 1. The maximum Gasteiger partial charge on any atom is 0.0618 e. The lowest BCUT2D eigenvalue weighted by molar-refractivity contribution is 0.338. The van der Waals surface area contributed by atoms with E-state index in [0.717, 1.165) is 12.3 Å². The fraction of sp³-hybridized carbons (Fsp3) is 0.636. The van der Waals surface area contributed by atoms with Gasteiger partial charge in [-0.15, -0.1) is 0 Å². The summed E-state index contributed by atoms with van der Waals surface area (Å²) in [6.45, 7) is 8.67. The van der Waals surface area contributed by atoms with Crippen molar-refractivity contribution in [2.24, 2.45) is 11.8 Å². The highest BCUT2D eigenvalue weighted by Gasteiger charge is 2.21. The topological polar surface area (TPSA) is 20.2 Å². The van der Waals surface area contributed by atoms with Gasteiger partial charge in [0.15, 0.2) is 0 Å². The SMILES string of the molecule is C=C1/C(=C\CO)C[C@H](C)C[C@@H]1C. The van der Waals surface area contributed by atoms with Crippen LogP contribution in [-0.4, -0.2) is 11.7 Å². The average Bonchev–Trinajstić information content (AvgIpc) is 2.00. The van der Waals surface area contributed by atoms with Gasteiger partial charge in [0.2, 0.25) is 0 Å². The lowest BCUT2D eigenvalue weighted by atomic mass is 9.77. The Balaban J connectivity index is 2.73. The Hall–Kier alpha value is -0.560. The lowest BCUT2D eigenvalue weighted by Gasteiger charge is -2.28. The Morgan fingerprint density at radius 1 is 1.58 bits per heavy atom. The van der Waals surface area contributed by atoms with E-state index in [1.54, 1.807) is 0 Å². The number of hydrogen-bond donors (Lipinski definition) is 1. The van der Waals surface area contributed by atoms with Crippen LogP contribution in [0.15, 0.2) is 23.8 Å². The van der Waals surface area contributed by atoms with Crippen molar-refractivity contribution in [2.75, 3.05) is 6.61 Å². The van der Waals surface area contributed by atoms with Crippen LogP contribution >= 0.6 is 0 Å². The number of allylic oxidation sites excluding steroid dienone is 2. The molecule has 1 N–H and O–H groups in total. The highest BCUT2D eigenvalue weighted by atomic mass is 16.2. The van der Waals surface area contributed by atoms with Gasteiger partial charge in [-0.2, -0.15) is 0 Å². The Morgan fingerprint density at radius 3 is 2.83 bits per heavy atom. The standard InChI is InChI=1S/C11H18O/c1-8-6-9(2)10(3)11(7-8)4-5-12/h4,8-9,12H,3,5-7H2,1-2H3/b11-4-/t8-,9+/m1/s1. The molecule has 1 aliphatic rings. The molecule has 1 nitrogen and oxygen atoms in total. The van der Waals surface area contributed by atoms with Crippen molar-refractivity contribution in [2.45, 2.75) is 26.7 Å². The van der Waals surface area contributed by atoms with Crippen LogP contribution in [0.2, 0.25) is 0 Å². The highest BCUT2D eigenvalue weighted by Crippen LogP contribution is 2.35. The molecular weight excluding hydrogens is 148 g/mol. The zero-order chi connectivity index (χ0) is 9.14. The van der Waals surface area contributed by atoms with Gasteiger partial charge >= 0.3 is 0 Å². The van der Waals surface area contributed by atoms with Crippen molar-refractivity contribution in [1.82, 2.24) is 0 Å². The molecule has 2 atom stereocenters. The van der Waals surface area contributed by atoms with E-state index in [-0.39, 0.29) is 6.61 Å². The van der Waals surface area contributed by atoms with Crippen LogP contribution in [0.4, 0.5) is 0 Å². The molecule has 1 fully saturated rings. The smallest absolute Gasteiger partial charge is 0.0618 e. The molecule has 0 aromatic rings. The molecule has 0 bridgehead atoms. The summed E-state index contributed by atoms with van der Waals surface area (Å²) in [5.74, 6) is 1.33. The molecule has 1 heteroatoms. The molecule has 1 aliphatic carbocycles. The van der Waals surface area contributed by atoms with Crippen LogP contribution in [-0.2, 0) is 0 Å². The van der Waals surface area contributed by atoms with Crippen LogP contribution in [0.5, 0.6) is 0 Å². The number of rotatable bonds is 1. The van der Waals surface area contributed by atoms with E-state index in [2.05, 4.69) is 20.4 Å². The maximum atomic E-state index is 8.79. The lowest BCUT2D eigenvalue weighted by Crippen LogP contribution is -2.15. The van der Waals surface area contributed by atoms with E-state index >= 15 is 0 Å². The molecule has 0 amide bonds. The van der Waals surface area contributed by atoms with Gasteiger partial charge in [0.05, 0.1) is 6.61 Å². The average molecular weight is 166 g/mol. The summed E-state index contributed by atoms with van der Waals surface area (Å²) >= 11 is 0. The van der Waals surface area contributed by atoms with Crippen LogP contribution in [0, 0.1) is 11.8 Å². The van der Waals surface area contributed by atoms with Crippen molar-refractivity contribution >= 4 is 0 Å². The van der Waals surface area contributed by atoms with E-state index in [9.17, 15) is 0 Å². The Kier molecular flexibility index (Phi) is 3.10. The molecule has 0 unspecified atom stereocenters. The molecule has 68 valence electrons. The largest absolute Gasteiger partial charge is 0.392 e. The monoisotopic (exact) mass is 166 g/mol. The van der Waals surface area contributed by atoms with E-state index in [0.29, 0.717) is 5.92 Å². The van der Waals surface area contributed by atoms with Crippen LogP contribution in [0.25, 0.3) is 0 Å². The molecule has 0 saturated heterocycles. The Bertz CT molecular complexity index is 203. The van der Waals surface area contributed by atoms with Gasteiger partial charge in [-0.05, 0) is 35.8 Å². The molecule has 1 saturated carbocycles. The summed E-state index contributed by atoms with van der Waals surface area (Å²) in [6, 6.07) is 0. The van der Waals surface area contributed by atoms with Gasteiger partial charge in [0.1, 0.15) is 0 Å². The van der Waals surface area contributed by atoms with Crippen LogP contribution < -0.4 is 0 Å². The first-order chi connectivity index (χ1) is 5.65. The summed E-state index contributed by atoms with van der Waals surface area (Å²) in [6.07, 6.45) is 4.22. The van der Waals surface area contributed by atoms with Gasteiger partial charge in [0, 0.05) is 0 Å². The van der Waals surface area contributed by atoms with Crippen LogP contribution in [0.1, 0.15) is 26.7 Å². The molecule has 0 aromatic carbocycles. The summed E-state index contributed by atoms with van der Waals surface area (Å²) in [5.41, 5.74) is 2.49. The van der Waals surface area contributed by atoms with E-state index < -0.39 is 0 Å². The molecule has 12 heavy (non-hydrogen) atoms. The highest BCUT2D eigenvalue weighted by molar-refractivity contribution is 5.32. The minimum absolute atomic E-state index is 0.147. The molecule has 0 spiro atoms. The first-order valence-corrected chi connectivity index (χ1v) is 4.64. The summed E-state index contributed by atoms with van der Waals surface area (Å²) in [4.78, 5) is 0. The minimum atomic E-state index is 0.147. The summed E-state index contributed by atoms with van der Waals surface area (Å²) < 4.78 is 0. The number of hydrogen-bond acceptors (Lipinski definition) is 1. The predicted molar refractivity (Wildman–Crippen MR) is 51.9 cm³/mol. The van der Waals surface area contributed by atoms with Gasteiger partial charge in [-0.1, -0.05) is 26.5 Å². The fourth-order valence-corrected chi connectivity index (χ4v) is 1.98. The number of aliphatic hydroxyl groups excluding tert-OH is 1.